The zero-order chi connectivity index (χ0) is 16.1. The number of hydrogen-bond donors (Lipinski definition) is 0. The van der Waals surface area contributed by atoms with Gasteiger partial charge in [0, 0.05) is 12.6 Å². The highest BCUT2D eigenvalue weighted by molar-refractivity contribution is 6.33. The molecule has 1 atom stereocenters. The van der Waals surface area contributed by atoms with Gasteiger partial charge in [0.2, 0.25) is 0 Å². The fourth-order valence-electron chi connectivity index (χ4n) is 2.63. The first-order valence-electron chi connectivity index (χ1n) is 7.48. The van der Waals surface area contributed by atoms with Crippen LogP contribution in [0.1, 0.15) is 48.9 Å². The zero-order valence-corrected chi connectivity index (χ0v) is 13.6. The van der Waals surface area contributed by atoms with Gasteiger partial charge in [-0.15, -0.1) is 0 Å². The number of aromatic nitrogens is 2. The Morgan fingerprint density at radius 1 is 1.45 bits per heavy atom. The van der Waals surface area contributed by atoms with Crippen molar-refractivity contribution >= 4 is 23.5 Å². The fourth-order valence-corrected chi connectivity index (χ4v) is 2.81. The number of rotatable bonds is 4. The second kappa shape index (κ2) is 7.54. The van der Waals surface area contributed by atoms with Crippen LogP contribution in [-0.4, -0.2) is 45.9 Å². The summed E-state index contributed by atoms with van der Waals surface area (Å²) in [5.74, 6) is -0.0339. The third-order valence-corrected chi connectivity index (χ3v) is 3.94. The Labute approximate surface area is 134 Å². The Balaban J connectivity index is 2.17. The van der Waals surface area contributed by atoms with Crippen molar-refractivity contribution < 1.29 is 14.3 Å². The van der Waals surface area contributed by atoms with E-state index in [-0.39, 0.29) is 35.1 Å². The maximum atomic E-state index is 12.7. The maximum Gasteiger partial charge on any atom is 0.307 e. The normalized spacial score (nSPS) is 18.1. The molecule has 6 nitrogen and oxygen atoms in total. The lowest BCUT2D eigenvalue weighted by molar-refractivity contribution is -0.144. The summed E-state index contributed by atoms with van der Waals surface area (Å²) < 4.78 is 4.99. The van der Waals surface area contributed by atoms with E-state index in [1.807, 2.05) is 0 Å². The van der Waals surface area contributed by atoms with E-state index < -0.39 is 0 Å². The van der Waals surface area contributed by atoms with Gasteiger partial charge in [0.15, 0.2) is 5.69 Å². The number of ether oxygens (including phenoxy) is 1. The van der Waals surface area contributed by atoms with Gasteiger partial charge in [0.1, 0.15) is 5.82 Å². The molecule has 120 valence electrons. The number of carbonyl (C=O) groups excluding carboxylic acids is 2. The van der Waals surface area contributed by atoms with Crippen LogP contribution >= 0.6 is 11.6 Å². The summed E-state index contributed by atoms with van der Waals surface area (Å²) in [6, 6.07) is -0.161. The SMILES string of the molecule is CCOC(=O)CC1CCCCN1C(=O)c1nc(C)ncc1Cl. The van der Waals surface area contributed by atoms with Crippen molar-refractivity contribution in [2.75, 3.05) is 13.2 Å². The van der Waals surface area contributed by atoms with Gasteiger partial charge in [-0.25, -0.2) is 9.97 Å². The summed E-state index contributed by atoms with van der Waals surface area (Å²) in [5, 5.41) is 0.232. The molecule has 1 amide bonds. The number of likely N-dealkylation sites (tertiary alicyclic amines) is 1. The van der Waals surface area contributed by atoms with E-state index in [2.05, 4.69) is 9.97 Å². The molecule has 1 aromatic heterocycles. The van der Waals surface area contributed by atoms with Crippen molar-refractivity contribution in [2.24, 2.45) is 0 Å². The van der Waals surface area contributed by atoms with Crippen LogP contribution in [-0.2, 0) is 9.53 Å². The topological polar surface area (TPSA) is 72.4 Å². The Morgan fingerprint density at radius 3 is 2.95 bits per heavy atom. The van der Waals surface area contributed by atoms with Crippen LogP contribution in [0, 0.1) is 6.92 Å². The van der Waals surface area contributed by atoms with E-state index >= 15 is 0 Å². The van der Waals surface area contributed by atoms with Crippen molar-refractivity contribution in [1.29, 1.82) is 0 Å². The van der Waals surface area contributed by atoms with Crippen LogP contribution in [0.25, 0.3) is 0 Å². The molecule has 1 aromatic rings. The summed E-state index contributed by atoms with van der Waals surface area (Å²) >= 11 is 6.05. The molecule has 0 aromatic carbocycles. The first kappa shape index (κ1) is 16.7. The number of carbonyl (C=O) groups is 2. The highest BCUT2D eigenvalue weighted by atomic mass is 35.5. The molecule has 22 heavy (non-hydrogen) atoms. The molecule has 2 rings (SSSR count). The Bertz CT molecular complexity index is 565. The molecule has 1 aliphatic heterocycles. The summed E-state index contributed by atoms with van der Waals surface area (Å²) in [7, 11) is 0. The first-order chi connectivity index (χ1) is 10.5. The van der Waals surface area contributed by atoms with E-state index in [4.69, 9.17) is 16.3 Å². The second-order valence-electron chi connectivity index (χ2n) is 5.27. The maximum absolute atomic E-state index is 12.7. The number of aryl methyl sites for hydroxylation is 1. The lowest BCUT2D eigenvalue weighted by Gasteiger charge is -2.35. The van der Waals surface area contributed by atoms with Crippen molar-refractivity contribution in [3.8, 4) is 0 Å². The molecule has 1 fully saturated rings. The van der Waals surface area contributed by atoms with Crippen LogP contribution in [0.5, 0.6) is 0 Å². The highest BCUT2D eigenvalue weighted by Gasteiger charge is 2.31. The van der Waals surface area contributed by atoms with Crippen LogP contribution in [0.3, 0.4) is 0 Å². The molecular formula is C15H20ClN3O3. The predicted molar refractivity (Wildman–Crippen MR) is 81.7 cm³/mol. The van der Waals surface area contributed by atoms with Gasteiger partial charge in [-0.3, -0.25) is 9.59 Å². The van der Waals surface area contributed by atoms with E-state index in [1.54, 1.807) is 18.7 Å². The molecule has 0 spiro atoms. The minimum Gasteiger partial charge on any atom is -0.466 e. The molecule has 0 bridgehead atoms. The fraction of sp³-hybridized carbons (Fsp3) is 0.600. The largest absolute Gasteiger partial charge is 0.466 e. The molecule has 0 aliphatic carbocycles. The third kappa shape index (κ3) is 3.94. The van der Waals surface area contributed by atoms with E-state index in [0.29, 0.717) is 19.0 Å². The molecule has 1 saturated heterocycles. The van der Waals surface area contributed by atoms with Crippen molar-refractivity contribution in [2.45, 2.75) is 45.6 Å². The standard InChI is InChI=1S/C15H20ClN3O3/c1-3-22-13(20)8-11-6-4-5-7-19(11)15(21)14-12(16)9-17-10(2)18-14/h9,11H,3-8H2,1-2H3. The molecule has 1 unspecified atom stereocenters. The lowest BCUT2D eigenvalue weighted by atomic mass is 9.99. The van der Waals surface area contributed by atoms with Crippen LogP contribution < -0.4 is 0 Å². The molecule has 1 aliphatic rings. The average molecular weight is 326 g/mol. The number of halogens is 1. The molecule has 2 heterocycles. The molecule has 0 N–H and O–H groups in total. The minimum absolute atomic E-state index is 0.161. The van der Waals surface area contributed by atoms with Crippen LogP contribution in [0.2, 0.25) is 5.02 Å². The molecule has 0 saturated carbocycles. The highest BCUT2D eigenvalue weighted by Crippen LogP contribution is 2.24. The number of nitrogens with zero attached hydrogens (tertiary/aromatic N) is 3. The number of esters is 1. The lowest BCUT2D eigenvalue weighted by Crippen LogP contribution is -2.45. The smallest absolute Gasteiger partial charge is 0.307 e. The van der Waals surface area contributed by atoms with Crippen LogP contribution in [0.15, 0.2) is 6.20 Å². The summed E-state index contributed by atoms with van der Waals surface area (Å²) in [4.78, 5) is 34.3. The monoisotopic (exact) mass is 325 g/mol. The van der Waals surface area contributed by atoms with Gasteiger partial charge >= 0.3 is 5.97 Å². The quantitative estimate of drug-likeness (QED) is 0.795. The summed E-state index contributed by atoms with van der Waals surface area (Å²) in [6.07, 6.45) is 4.33. The molecule has 0 radical (unpaired) electrons. The van der Waals surface area contributed by atoms with Crippen molar-refractivity contribution in [3.63, 3.8) is 0 Å². The predicted octanol–water partition coefficient (Wildman–Crippen LogP) is 2.39. The van der Waals surface area contributed by atoms with Gasteiger partial charge in [-0.2, -0.15) is 0 Å². The van der Waals surface area contributed by atoms with Gasteiger partial charge in [0.05, 0.1) is 24.2 Å². The van der Waals surface area contributed by atoms with Crippen LogP contribution in [0.4, 0.5) is 0 Å². The second-order valence-corrected chi connectivity index (χ2v) is 5.68. The molecular weight excluding hydrogens is 306 g/mol. The van der Waals surface area contributed by atoms with Gasteiger partial charge in [0.25, 0.3) is 5.91 Å². The summed E-state index contributed by atoms with van der Waals surface area (Å²) in [5.41, 5.74) is 0.199. The van der Waals surface area contributed by atoms with Gasteiger partial charge in [-0.1, -0.05) is 11.6 Å². The average Bonchev–Trinajstić information content (AvgIpc) is 2.50. The zero-order valence-electron chi connectivity index (χ0n) is 12.8. The Hall–Kier alpha value is -1.69. The van der Waals surface area contributed by atoms with Gasteiger partial charge < -0.3 is 9.64 Å². The first-order valence-corrected chi connectivity index (χ1v) is 7.86. The number of piperidine rings is 1. The van der Waals surface area contributed by atoms with Gasteiger partial charge in [-0.05, 0) is 33.1 Å². The third-order valence-electron chi connectivity index (χ3n) is 3.66. The Kier molecular flexibility index (Phi) is 5.71. The molecule has 7 heteroatoms. The number of amides is 1. The minimum atomic E-state index is -0.280. The van der Waals surface area contributed by atoms with Crippen molar-refractivity contribution in [3.05, 3.63) is 22.7 Å². The van der Waals surface area contributed by atoms with E-state index in [9.17, 15) is 9.59 Å². The van der Waals surface area contributed by atoms with E-state index in [1.165, 1.54) is 6.20 Å². The van der Waals surface area contributed by atoms with E-state index in [0.717, 1.165) is 19.3 Å². The van der Waals surface area contributed by atoms with Crippen molar-refractivity contribution in [1.82, 2.24) is 14.9 Å². The summed E-state index contributed by atoms with van der Waals surface area (Å²) in [6.45, 7) is 4.42. The Morgan fingerprint density at radius 2 is 2.23 bits per heavy atom. The number of hydrogen-bond acceptors (Lipinski definition) is 5.